The van der Waals surface area contributed by atoms with Gasteiger partial charge in [0.05, 0.1) is 37.1 Å². The second kappa shape index (κ2) is 15.2. The number of hydrazone groups is 1. The van der Waals surface area contributed by atoms with Crippen LogP contribution in [-0.4, -0.2) is 73.1 Å². The summed E-state index contributed by atoms with van der Waals surface area (Å²) >= 11 is 0. The van der Waals surface area contributed by atoms with E-state index in [-0.39, 0.29) is 29.2 Å². The maximum atomic E-state index is 13.6. The molecule has 234 valence electrons. The van der Waals surface area contributed by atoms with Gasteiger partial charge in [-0.1, -0.05) is 17.7 Å². The first-order valence-corrected chi connectivity index (χ1v) is 15.4. The number of aryl methyl sites for hydroxylation is 1. The fourth-order valence-electron chi connectivity index (χ4n) is 4.36. The Hall–Kier alpha value is -4.62. The molecule has 0 bridgehead atoms. The van der Waals surface area contributed by atoms with Crippen LogP contribution in [0.1, 0.15) is 24.0 Å². The molecule has 3 aromatic carbocycles. The second-order valence-corrected chi connectivity index (χ2v) is 11.8. The first kappa shape index (κ1) is 32.3. The molecule has 1 saturated heterocycles. The molecule has 1 heterocycles. The number of carbonyl (C=O) groups is 2. The van der Waals surface area contributed by atoms with Gasteiger partial charge in [-0.3, -0.25) is 13.9 Å². The van der Waals surface area contributed by atoms with Crippen LogP contribution in [0.15, 0.2) is 76.7 Å². The average Bonchev–Trinajstić information content (AvgIpc) is 3.56. The first-order valence-electron chi connectivity index (χ1n) is 13.9. The van der Waals surface area contributed by atoms with Gasteiger partial charge >= 0.3 is 0 Å². The minimum atomic E-state index is -4.14. The highest BCUT2D eigenvalue weighted by molar-refractivity contribution is 7.92. The topological polar surface area (TPSA) is 145 Å². The summed E-state index contributed by atoms with van der Waals surface area (Å²) in [5, 5.41) is 6.77. The fourth-order valence-corrected chi connectivity index (χ4v) is 5.77. The lowest BCUT2D eigenvalue weighted by molar-refractivity contribution is -0.123. The summed E-state index contributed by atoms with van der Waals surface area (Å²) < 4.78 is 49.9. The van der Waals surface area contributed by atoms with Crippen LogP contribution in [0.4, 0.5) is 5.69 Å². The number of ether oxygens (including phenoxy) is 4. The van der Waals surface area contributed by atoms with Crippen molar-refractivity contribution in [2.24, 2.45) is 5.10 Å². The van der Waals surface area contributed by atoms with Gasteiger partial charge in [0.2, 0.25) is 0 Å². The molecule has 4 rings (SSSR count). The Bertz CT molecular complexity index is 1550. The number of amides is 2. The molecule has 12 nitrogen and oxygen atoms in total. The fraction of sp³-hybridized carbons (Fsp3) is 0.323. The Morgan fingerprint density at radius 2 is 1.73 bits per heavy atom. The van der Waals surface area contributed by atoms with Crippen molar-refractivity contribution in [3.05, 3.63) is 77.9 Å². The molecule has 1 atom stereocenters. The number of benzene rings is 3. The lowest BCUT2D eigenvalue weighted by Gasteiger charge is -2.24. The van der Waals surface area contributed by atoms with Gasteiger partial charge in [0.15, 0.2) is 18.1 Å². The number of sulfonamides is 1. The highest BCUT2D eigenvalue weighted by Gasteiger charge is 2.28. The summed E-state index contributed by atoms with van der Waals surface area (Å²) in [6, 6.07) is 17.7. The average molecular weight is 625 g/mol. The number of methoxy groups -OCH3 is 2. The number of rotatable bonds is 14. The Morgan fingerprint density at radius 1 is 1.00 bits per heavy atom. The van der Waals surface area contributed by atoms with Crippen LogP contribution in [0, 0.1) is 6.92 Å². The van der Waals surface area contributed by atoms with E-state index in [1.54, 1.807) is 42.5 Å². The molecule has 0 unspecified atom stereocenters. The molecule has 1 aliphatic rings. The standard InChI is InChI=1S/C31H36N4O8S/c1-22-6-13-27(14-7-22)44(38,39)35(24-10-15-28(40-2)29(17-24)41-3)20-30(36)34-33-18-23-8-11-25(12-9-23)43-21-31(37)32-19-26-5-4-16-42-26/h6-15,17-18,26H,4-5,16,19-21H2,1-3H3,(H,32,37)(H,34,36)/b33-18-/t26-/m0/s1. The molecule has 0 aliphatic carbocycles. The highest BCUT2D eigenvalue weighted by Crippen LogP contribution is 2.33. The Labute approximate surface area is 257 Å². The van der Waals surface area contributed by atoms with Gasteiger partial charge in [-0.05, 0) is 73.9 Å². The molecule has 0 radical (unpaired) electrons. The van der Waals surface area contributed by atoms with Gasteiger partial charge in [-0.15, -0.1) is 0 Å². The Morgan fingerprint density at radius 3 is 2.39 bits per heavy atom. The molecule has 2 N–H and O–H groups in total. The molecule has 1 aliphatic heterocycles. The lowest BCUT2D eigenvalue weighted by Crippen LogP contribution is -2.39. The van der Waals surface area contributed by atoms with Crippen LogP contribution in [0.25, 0.3) is 0 Å². The monoisotopic (exact) mass is 624 g/mol. The van der Waals surface area contributed by atoms with Crippen molar-refractivity contribution >= 4 is 33.7 Å². The van der Waals surface area contributed by atoms with Crippen molar-refractivity contribution in [2.45, 2.75) is 30.8 Å². The maximum Gasteiger partial charge on any atom is 0.264 e. The number of hydrogen-bond acceptors (Lipinski definition) is 9. The lowest BCUT2D eigenvalue weighted by atomic mass is 10.2. The molecule has 3 aromatic rings. The second-order valence-electron chi connectivity index (χ2n) is 9.95. The SMILES string of the molecule is COc1ccc(N(CC(=O)N/N=C\c2ccc(OCC(=O)NC[C@@H]3CCCO3)cc2)S(=O)(=O)c2ccc(C)cc2)cc1OC. The van der Waals surface area contributed by atoms with E-state index in [1.807, 2.05) is 6.92 Å². The minimum absolute atomic E-state index is 0.0248. The van der Waals surface area contributed by atoms with Gasteiger partial charge in [-0.2, -0.15) is 5.10 Å². The number of hydrogen-bond donors (Lipinski definition) is 2. The van der Waals surface area contributed by atoms with Crippen LogP contribution >= 0.6 is 0 Å². The molecule has 0 spiro atoms. The molecule has 0 saturated carbocycles. The summed E-state index contributed by atoms with van der Waals surface area (Å²) in [5.41, 5.74) is 4.12. The Balaban J connectivity index is 1.38. The van der Waals surface area contributed by atoms with Crippen molar-refractivity contribution < 1.29 is 37.0 Å². The summed E-state index contributed by atoms with van der Waals surface area (Å²) in [4.78, 5) is 25.0. The molecule has 1 fully saturated rings. The van der Waals surface area contributed by atoms with E-state index in [0.717, 1.165) is 29.3 Å². The van der Waals surface area contributed by atoms with Crippen molar-refractivity contribution in [1.82, 2.24) is 10.7 Å². The molecule has 13 heteroatoms. The molecular weight excluding hydrogens is 588 g/mol. The van der Waals surface area contributed by atoms with E-state index in [2.05, 4.69) is 15.8 Å². The van der Waals surface area contributed by atoms with E-state index < -0.39 is 22.5 Å². The third kappa shape index (κ3) is 8.71. The smallest absolute Gasteiger partial charge is 0.264 e. The van der Waals surface area contributed by atoms with E-state index in [4.69, 9.17) is 18.9 Å². The third-order valence-corrected chi connectivity index (χ3v) is 8.54. The van der Waals surface area contributed by atoms with Crippen molar-refractivity contribution in [3.63, 3.8) is 0 Å². The van der Waals surface area contributed by atoms with Crippen molar-refractivity contribution in [3.8, 4) is 17.2 Å². The largest absolute Gasteiger partial charge is 0.493 e. The number of anilines is 1. The minimum Gasteiger partial charge on any atom is -0.493 e. The Kier molecular flexibility index (Phi) is 11.2. The predicted molar refractivity (Wildman–Crippen MR) is 165 cm³/mol. The molecular formula is C31H36N4O8S. The third-order valence-electron chi connectivity index (χ3n) is 6.76. The first-order chi connectivity index (χ1) is 21.2. The zero-order chi connectivity index (χ0) is 31.5. The van der Waals surface area contributed by atoms with Gasteiger partial charge in [0.25, 0.3) is 21.8 Å². The zero-order valence-electron chi connectivity index (χ0n) is 24.8. The molecule has 2 amide bonds. The normalized spacial score (nSPS) is 14.7. The number of nitrogens with zero attached hydrogens (tertiary/aromatic N) is 2. The number of carbonyl (C=O) groups excluding carboxylic acids is 2. The van der Waals surface area contributed by atoms with Crippen LogP contribution in [0.5, 0.6) is 17.2 Å². The van der Waals surface area contributed by atoms with Gasteiger partial charge in [0, 0.05) is 19.2 Å². The van der Waals surface area contributed by atoms with Gasteiger partial charge in [0.1, 0.15) is 12.3 Å². The maximum absolute atomic E-state index is 13.6. The van der Waals surface area contributed by atoms with E-state index in [1.165, 1.54) is 44.7 Å². The number of nitrogens with one attached hydrogen (secondary N) is 2. The van der Waals surface area contributed by atoms with E-state index in [0.29, 0.717) is 29.4 Å². The molecule has 44 heavy (non-hydrogen) atoms. The van der Waals surface area contributed by atoms with Crippen LogP contribution in [0.3, 0.4) is 0 Å². The predicted octanol–water partition coefficient (Wildman–Crippen LogP) is 3.03. The van der Waals surface area contributed by atoms with Crippen molar-refractivity contribution in [1.29, 1.82) is 0 Å². The summed E-state index contributed by atoms with van der Waals surface area (Å²) in [6.07, 6.45) is 3.41. The zero-order valence-corrected chi connectivity index (χ0v) is 25.6. The van der Waals surface area contributed by atoms with E-state index in [9.17, 15) is 18.0 Å². The van der Waals surface area contributed by atoms with Crippen LogP contribution in [0.2, 0.25) is 0 Å². The van der Waals surface area contributed by atoms with Crippen LogP contribution in [-0.2, 0) is 24.3 Å². The van der Waals surface area contributed by atoms with Gasteiger partial charge < -0.3 is 24.3 Å². The summed E-state index contributed by atoms with van der Waals surface area (Å²) in [7, 11) is -1.23. The van der Waals surface area contributed by atoms with Gasteiger partial charge in [-0.25, -0.2) is 13.8 Å². The molecule has 0 aromatic heterocycles. The summed E-state index contributed by atoms with van der Waals surface area (Å²) in [6.45, 7) is 2.36. The summed E-state index contributed by atoms with van der Waals surface area (Å²) in [5.74, 6) is 0.303. The quantitative estimate of drug-likeness (QED) is 0.206. The highest BCUT2D eigenvalue weighted by atomic mass is 32.2. The van der Waals surface area contributed by atoms with Crippen molar-refractivity contribution in [2.75, 3.05) is 44.8 Å². The van der Waals surface area contributed by atoms with E-state index >= 15 is 0 Å². The van der Waals surface area contributed by atoms with Crippen LogP contribution < -0.4 is 29.3 Å².